The Balaban J connectivity index is 1.68. The van der Waals surface area contributed by atoms with Crippen LogP contribution in [0.2, 0.25) is 0 Å². The third-order valence-electron chi connectivity index (χ3n) is 3.74. The molecule has 2 rings (SSSR count). The zero-order valence-corrected chi connectivity index (χ0v) is 15.4. The second kappa shape index (κ2) is 9.38. The normalized spacial score (nSPS) is 11.8. The number of carbonyl (C=O) groups is 1. The number of rotatable bonds is 8. The Bertz CT molecular complexity index is 672. The van der Waals surface area contributed by atoms with Gasteiger partial charge in [0.2, 0.25) is 5.91 Å². The molecule has 0 aromatic heterocycles. The summed E-state index contributed by atoms with van der Waals surface area (Å²) < 4.78 is 5.77. The maximum absolute atomic E-state index is 12.0. The van der Waals surface area contributed by atoms with Crippen molar-refractivity contribution in [3.8, 4) is 5.75 Å². The van der Waals surface area contributed by atoms with E-state index in [0.717, 1.165) is 17.1 Å². The van der Waals surface area contributed by atoms with E-state index >= 15 is 0 Å². The summed E-state index contributed by atoms with van der Waals surface area (Å²) in [4.78, 5) is 12.0. The lowest BCUT2D eigenvalue weighted by Crippen LogP contribution is -2.37. The van der Waals surface area contributed by atoms with E-state index in [1.54, 1.807) is 11.8 Å². The summed E-state index contributed by atoms with van der Waals surface area (Å²) >= 11 is 1.63. The van der Waals surface area contributed by atoms with E-state index in [2.05, 4.69) is 24.4 Å². The second-order valence-corrected chi connectivity index (χ2v) is 6.95. The first-order valence-electron chi connectivity index (χ1n) is 8.16. The minimum absolute atomic E-state index is 0.0174. The van der Waals surface area contributed by atoms with Gasteiger partial charge in [-0.15, -0.1) is 11.8 Å². The summed E-state index contributed by atoms with van der Waals surface area (Å²) in [6, 6.07) is 16.2. The molecule has 3 nitrogen and oxygen atoms in total. The SMILES string of the molecule is Cc1ccccc1CSCC(=O)NC(C)COc1ccccc1C. The molecule has 0 aliphatic heterocycles. The van der Waals surface area contributed by atoms with Crippen molar-refractivity contribution in [2.45, 2.75) is 32.6 Å². The number of nitrogens with one attached hydrogen (secondary N) is 1. The lowest BCUT2D eigenvalue weighted by Gasteiger charge is -2.16. The van der Waals surface area contributed by atoms with Gasteiger partial charge in [0.25, 0.3) is 0 Å². The van der Waals surface area contributed by atoms with Crippen molar-refractivity contribution < 1.29 is 9.53 Å². The van der Waals surface area contributed by atoms with Crippen molar-refractivity contribution in [1.29, 1.82) is 0 Å². The number of ether oxygens (including phenoxy) is 1. The van der Waals surface area contributed by atoms with Crippen LogP contribution >= 0.6 is 11.8 Å². The third-order valence-corrected chi connectivity index (χ3v) is 4.72. The van der Waals surface area contributed by atoms with Gasteiger partial charge in [0.05, 0.1) is 11.8 Å². The Morgan fingerprint density at radius 3 is 2.46 bits per heavy atom. The molecule has 0 spiro atoms. The first-order chi connectivity index (χ1) is 11.6. The van der Waals surface area contributed by atoms with E-state index < -0.39 is 0 Å². The van der Waals surface area contributed by atoms with E-state index in [-0.39, 0.29) is 11.9 Å². The van der Waals surface area contributed by atoms with Gasteiger partial charge >= 0.3 is 0 Å². The summed E-state index contributed by atoms with van der Waals surface area (Å²) in [5.74, 6) is 2.24. The maximum atomic E-state index is 12.0. The molecule has 1 amide bonds. The zero-order chi connectivity index (χ0) is 17.4. The number of hydrogen-bond donors (Lipinski definition) is 1. The molecule has 4 heteroatoms. The molecular formula is C20H25NO2S. The Hall–Kier alpha value is -1.94. The van der Waals surface area contributed by atoms with Gasteiger partial charge in [0.1, 0.15) is 12.4 Å². The van der Waals surface area contributed by atoms with Crippen molar-refractivity contribution >= 4 is 17.7 Å². The molecule has 0 bridgehead atoms. The van der Waals surface area contributed by atoms with Crippen molar-refractivity contribution in [3.05, 3.63) is 65.2 Å². The van der Waals surface area contributed by atoms with Crippen molar-refractivity contribution in [2.24, 2.45) is 0 Å². The van der Waals surface area contributed by atoms with Crippen LogP contribution in [-0.4, -0.2) is 24.3 Å². The smallest absolute Gasteiger partial charge is 0.230 e. The van der Waals surface area contributed by atoms with Gasteiger partial charge in [-0.05, 0) is 43.5 Å². The second-order valence-electron chi connectivity index (χ2n) is 5.96. The van der Waals surface area contributed by atoms with Crippen LogP contribution in [-0.2, 0) is 10.5 Å². The summed E-state index contributed by atoms with van der Waals surface area (Å²) in [5.41, 5.74) is 3.65. The van der Waals surface area contributed by atoms with Crippen LogP contribution in [0.4, 0.5) is 0 Å². The summed E-state index contributed by atoms with van der Waals surface area (Å²) in [6.07, 6.45) is 0. The number of hydrogen-bond acceptors (Lipinski definition) is 3. The average molecular weight is 343 g/mol. The predicted molar refractivity (Wildman–Crippen MR) is 102 cm³/mol. The van der Waals surface area contributed by atoms with Gasteiger partial charge in [-0.3, -0.25) is 4.79 Å². The molecule has 0 fully saturated rings. The Kier molecular flexibility index (Phi) is 7.19. The summed E-state index contributed by atoms with van der Waals surface area (Å²) in [5, 5.41) is 2.99. The highest BCUT2D eigenvalue weighted by atomic mass is 32.2. The molecule has 1 unspecified atom stereocenters. The highest BCUT2D eigenvalue weighted by Crippen LogP contribution is 2.17. The third kappa shape index (κ3) is 5.93. The van der Waals surface area contributed by atoms with Crippen LogP contribution in [0.1, 0.15) is 23.6 Å². The Morgan fingerprint density at radius 2 is 1.75 bits per heavy atom. The van der Waals surface area contributed by atoms with E-state index in [0.29, 0.717) is 12.4 Å². The Morgan fingerprint density at radius 1 is 1.08 bits per heavy atom. The van der Waals surface area contributed by atoms with Crippen molar-refractivity contribution in [1.82, 2.24) is 5.32 Å². The van der Waals surface area contributed by atoms with Crippen molar-refractivity contribution in [3.63, 3.8) is 0 Å². The number of thioether (sulfide) groups is 1. The number of carbonyl (C=O) groups excluding carboxylic acids is 1. The fourth-order valence-electron chi connectivity index (χ4n) is 2.32. The monoisotopic (exact) mass is 343 g/mol. The van der Waals surface area contributed by atoms with Gasteiger partial charge in [0, 0.05) is 5.75 Å². The van der Waals surface area contributed by atoms with E-state index in [4.69, 9.17) is 4.74 Å². The van der Waals surface area contributed by atoms with Gasteiger partial charge in [-0.2, -0.15) is 0 Å². The largest absolute Gasteiger partial charge is 0.491 e. The van der Waals surface area contributed by atoms with Gasteiger partial charge in [0.15, 0.2) is 0 Å². The Labute approximate surface area is 148 Å². The molecule has 0 aliphatic rings. The van der Waals surface area contributed by atoms with Crippen LogP contribution in [0, 0.1) is 13.8 Å². The molecule has 128 valence electrons. The fraction of sp³-hybridized carbons (Fsp3) is 0.350. The summed E-state index contributed by atoms with van der Waals surface area (Å²) in [6.45, 7) is 6.54. The summed E-state index contributed by atoms with van der Waals surface area (Å²) in [7, 11) is 0. The van der Waals surface area contributed by atoms with E-state index in [9.17, 15) is 4.79 Å². The standard InChI is InChI=1S/C20H25NO2S/c1-15-8-4-6-10-18(15)13-24-14-20(22)21-17(3)12-23-19-11-7-5-9-16(19)2/h4-11,17H,12-14H2,1-3H3,(H,21,22). The van der Waals surface area contributed by atoms with Gasteiger partial charge < -0.3 is 10.1 Å². The first kappa shape index (κ1) is 18.4. The highest BCUT2D eigenvalue weighted by Gasteiger charge is 2.09. The van der Waals surface area contributed by atoms with Crippen LogP contribution in [0.5, 0.6) is 5.75 Å². The topological polar surface area (TPSA) is 38.3 Å². The van der Waals surface area contributed by atoms with Crippen LogP contribution in [0.15, 0.2) is 48.5 Å². The maximum Gasteiger partial charge on any atom is 0.230 e. The molecule has 2 aromatic rings. The molecule has 2 aromatic carbocycles. The lowest BCUT2D eigenvalue weighted by molar-refractivity contribution is -0.119. The molecule has 0 aliphatic carbocycles. The number of benzene rings is 2. The minimum Gasteiger partial charge on any atom is -0.491 e. The quantitative estimate of drug-likeness (QED) is 0.783. The molecule has 0 heterocycles. The first-order valence-corrected chi connectivity index (χ1v) is 9.32. The average Bonchev–Trinajstić information content (AvgIpc) is 2.56. The van der Waals surface area contributed by atoms with Crippen LogP contribution < -0.4 is 10.1 Å². The minimum atomic E-state index is -0.0174. The number of amides is 1. The molecule has 1 atom stereocenters. The number of para-hydroxylation sites is 1. The zero-order valence-electron chi connectivity index (χ0n) is 14.5. The van der Waals surface area contributed by atoms with Crippen LogP contribution in [0.25, 0.3) is 0 Å². The van der Waals surface area contributed by atoms with Crippen molar-refractivity contribution in [2.75, 3.05) is 12.4 Å². The predicted octanol–water partition coefficient (Wildman–Crippen LogP) is 4.12. The number of aryl methyl sites for hydroxylation is 2. The molecule has 24 heavy (non-hydrogen) atoms. The van der Waals surface area contributed by atoms with Gasteiger partial charge in [-0.1, -0.05) is 42.5 Å². The van der Waals surface area contributed by atoms with Gasteiger partial charge in [-0.25, -0.2) is 0 Å². The molecule has 0 saturated heterocycles. The highest BCUT2D eigenvalue weighted by molar-refractivity contribution is 7.99. The molecule has 0 radical (unpaired) electrons. The molecule has 1 N–H and O–H groups in total. The molecular weight excluding hydrogens is 318 g/mol. The van der Waals surface area contributed by atoms with E-state index in [1.807, 2.05) is 50.2 Å². The molecule has 0 saturated carbocycles. The van der Waals surface area contributed by atoms with E-state index in [1.165, 1.54) is 11.1 Å². The van der Waals surface area contributed by atoms with Crippen LogP contribution in [0.3, 0.4) is 0 Å². The fourth-order valence-corrected chi connectivity index (χ4v) is 3.23. The lowest BCUT2D eigenvalue weighted by atomic mass is 10.1.